The number of hydrogen-bond acceptors (Lipinski definition) is 1. The quantitative estimate of drug-likeness (QED) is 0.716. The van der Waals surface area contributed by atoms with E-state index in [1.165, 1.54) is 17.7 Å². The molecule has 0 atom stereocenters. The topological polar surface area (TPSA) is 0 Å². The van der Waals surface area contributed by atoms with E-state index in [4.69, 9.17) is 23.2 Å². The summed E-state index contributed by atoms with van der Waals surface area (Å²) in [5.41, 5.74) is 0. The Bertz CT molecular complexity index is 295. The van der Waals surface area contributed by atoms with Crippen LogP contribution in [0.1, 0.15) is 12.8 Å². The molecular formula is C9H8Cl2S. The molecule has 1 aliphatic carbocycles. The molecule has 1 saturated carbocycles. The van der Waals surface area contributed by atoms with Crippen LogP contribution in [0.25, 0.3) is 0 Å². The summed E-state index contributed by atoms with van der Waals surface area (Å²) in [6.07, 6.45) is 2.68. The van der Waals surface area contributed by atoms with Gasteiger partial charge in [0.1, 0.15) is 0 Å². The second-order valence-corrected chi connectivity index (χ2v) is 5.08. The first-order valence-electron chi connectivity index (χ1n) is 3.87. The molecule has 0 radical (unpaired) electrons. The molecule has 1 aliphatic rings. The summed E-state index contributed by atoms with van der Waals surface area (Å²) in [5.74, 6) is 0. The molecule has 12 heavy (non-hydrogen) atoms. The van der Waals surface area contributed by atoms with Crippen LogP contribution in [0.2, 0.25) is 10.0 Å². The minimum Gasteiger partial charge on any atom is -0.123 e. The van der Waals surface area contributed by atoms with Crippen LogP contribution in [0, 0.1) is 0 Å². The fourth-order valence-electron chi connectivity index (χ4n) is 0.929. The molecule has 0 unspecified atom stereocenters. The van der Waals surface area contributed by atoms with E-state index in [0.717, 1.165) is 5.25 Å². The lowest BCUT2D eigenvalue weighted by Crippen LogP contribution is -1.75. The Morgan fingerprint density at radius 3 is 2.50 bits per heavy atom. The Morgan fingerprint density at radius 2 is 1.92 bits per heavy atom. The molecule has 3 heteroatoms. The van der Waals surface area contributed by atoms with E-state index in [1.54, 1.807) is 0 Å². The van der Waals surface area contributed by atoms with E-state index in [1.807, 2.05) is 30.0 Å². The van der Waals surface area contributed by atoms with Crippen LogP contribution in [-0.2, 0) is 0 Å². The van der Waals surface area contributed by atoms with Crippen LogP contribution in [0.5, 0.6) is 0 Å². The zero-order valence-corrected chi connectivity index (χ0v) is 8.72. The van der Waals surface area contributed by atoms with Crippen molar-refractivity contribution in [2.45, 2.75) is 23.0 Å². The van der Waals surface area contributed by atoms with Gasteiger partial charge in [0.2, 0.25) is 0 Å². The highest BCUT2D eigenvalue weighted by Gasteiger charge is 2.22. The molecule has 0 aromatic heterocycles. The molecule has 1 aromatic carbocycles. The third-order valence-electron chi connectivity index (χ3n) is 1.72. The van der Waals surface area contributed by atoms with Crippen molar-refractivity contribution in [3.63, 3.8) is 0 Å². The van der Waals surface area contributed by atoms with Gasteiger partial charge in [0.25, 0.3) is 0 Å². The van der Waals surface area contributed by atoms with E-state index in [2.05, 4.69) is 0 Å². The predicted molar refractivity (Wildman–Crippen MR) is 55.3 cm³/mol. The van der Waals surface area contributed by atoms with Gasteiger partial charge in [-0.2, -0.15) is 0 Å². The Hall–Kier alpha value is 0.150. The van der Waals surface area contributed by atoms with Crippen LogP contribution >= 0.6 is 35.0 Å². The lowest BCUT2D eigenvalue weighted by Gasteiger charge is -2.00. The highest BCUT2D eigenvalue weighted by atomic mass is 35.5. The maximum absolute atomic E-state index is 5.87. The molecule has 0 N–H and O–H groups in total. The summed E-state index contributed by atoms with van der Waals surface area (Å²) in [6, 6.07) is 5.82. The maximum atomic E-state index is 5.87. The monoisotopic (exact) mass is 218 g/mol. The van der Waals surface area contributed by atoms with Crippen molar-refractivity contribution >= 4 is 35.0 Å². The molecule has 0 heterocycles. The molecule has 0 saturated heterocycles. The lowest BCUT2D eigenvalue weighted by molar-refractivity contribution is 1.42. The summed E-state index contributed by atoms with van der Waals surface area (Å²) in [5, 5.41) is 2.11. The molecular weight excluding hydrogens is 211 g/mol. The molecule has 1 aromatic rings. The maximum Gasteiger partial charge on any atom is 0.0603 e. The van der Waals surface area contributed by atoms with Crippen molar-refractivity contribution in [2.75, 3.05) is 0 Å². The van der Waals surface area contributed by atoms with Crippen LogP contribution in [-0.4, -0.2) is 5.25 Å². The third kappa shape index (κ3) is 2.09. The Morgan fingerprint density at radius 1 is 1.17 bits per heavy atom. The second-order valence-electron chi connectivity index (χ2n) is 2.89. The van der Waals surface area contributed by atoms with Crippen molar-refractivity contribution in [3.8, 4) is 0 Å². The first-order valence-corrected chi connectivity index (χ1v) is 5.51. The van der Waals surface area contributed by atoms with E-state index in [0.29, 0.717) is 10.0 Å². The number of benzene rings is 1. The first-order chi connectivity index (χ1) is 5.75. The van der Waals surface area contributed by atoms with Gasteiger partial charge < -0.3 is 0 Å². The fraction of sp³-hybridized carbons (Fsp3) is 0.333. The number of rotatable bonds is 2. The van der Waals surface area contributed by atoms with E-state index < -0.39 is 0 Å². The predicted octanol–water partition coefficient (Wildman–Crippen LogP) is 4.25. The molecule has 0 spiro atoms. The average Bonchev–Trinajstić information content (AvgIpc) is 2.81. The van der Waals surface area contributed by atoms with Crippen molar-refractivity contribution in [3.05, 3.63) is 28.2 Å². The van der Waals surface area contributed by atoms with Gasteiger partial charge in [-0.1, -0.05) is 23.2 Å². The summed E-state index contributed by atoms with van der Waals surface area (Å²) in [4.78, 5) is 1.23. The largest absolute Gasteiger partial charge is 0.123 e. The minimum absolute atomic E-state index is 0.636. The van der Waals surface area contributed by atoms with Gasteiger partial charge in [-0.15, -0.1) is 11.8 Å². The van der Waals surface area contributed by atoms with E-state index in [9.17, 15) is 0 Å². The molecule has 0 amide bonds. The smallest absolute Gasteiger partial charge is 0.0603 e. The Labute approximate surface area is 86.3 Å². The van der Waals surface area contributed by atoms with Gasteiger partial charge in [-0.25, -0.2) is 0 Å². The third-order valence-corrected chi connectivity index (χ3v) is 3.79. The van der Waals surface area contributed by atoms with Gasteiger partial charge >= 0.3 is 0 Å². The number of thioether (sulfide) groups is 1. The standard InChI is InChI=1S/C9H8Cl2S/c10-8-4-3-7(5-9(8)11)12-6-1-2-6/h3-6H,1-2H2. The molecule has 0 bridgehead atoms. The lowest BCUT2D eigenvalue weighted by atomic mass is 10.4. The van der Waals surface area contributed by atoms with Crippen molar-refractivity contribution in [1.82, 2.24) is 0 Å². The van der Waals surface area contributed by atoms with E-state index >= 15 is 0 Å². The number of hydrogen-bond donors (Lipinski definition) is 0. The molecule has 0 nitrogen and oxygen atoms in total. The number of halogens is 2. The summed E-state index contributed by atoms with van der Waals surface area (Å²) < 4.78 is 0. The van der Waals surface area contributed by atoms with Crippen LogP contribution < -0.4 is 0 Å². The van der Waals surface area contributed by atoms with Gasteiger partial charge in [0, 0.05) is 10.1 Å². The normalized spacial score (nSPS) is 16.5. The minimum atomic E-state index is 0.636. The summed E-state index contributed by atoms with van der Waals surface area (Å²) >= 11 is 13.6. The SMILES string of the molecule is Clc1ccc(SC2CC2)cc1Cl. The molecule has 1 fully saturated rings. The highest BCUT2D eigenvalue weighted by molar-refractivity contribution is 8.00. The zero-order chi connectivity index (χ0) is 8.55. The van der Waals surface area contributed by atoms with Crippen molar-refractivity contribution < 1.29 is 0 Å². The Balaban J connectivity index is 2.15. The van der Waals surface area contributed by atoms with Gasteiger partial charge in [-0.05, 0) is 31.0 Å². The first kappa shape index (κ1) is 8.74. The van der Waals surface area contributed by atoms with Crippen LogP contribution in [0.3, 0.4) is 0 Å². The molecule has 64 valence electrons. The fourth-order valence-corrected chi connectivity index (χ4v) is 2.38. The van der Waals surface area contributed by atoms with Crippen LogP contribution in [0.15, 0.2) is 23.1 Å². The van der Waals surface area contributed by atoms with Crippen LogP contribution in [0.4, 0.5) is 0 Å². The zero-order valence-electron chi connectivity index (χ0n) is 6.39. The van der Waals surface area contributed by atoms with E-state index in [-0.39, 0.29) is 0 Å². The highest BCUT2D eigenvalue weighted by Crippen LogP contribution is 2.40. The van der Waals surface area contributed by atoms with Gasteiger partial charge in [0.05, 0.1) is 10.0 Å². The molecule has 0 aliphatic heterocycles. The molecule has 2 rings (SSSR count). The summed E-state index contributed by atoms with van der Waals surface area (Å²) in [6.45, 7) is 0. The van der Waals surface area contributed by atoms with Gasteiger partial charge in [-0.3, -0.25) is 0 Å². The average molecular weight is 219 g/mol. The second kappa shape index (κ2) is 3.49. The van der Waals surface area contributed by atoms with Gasteiger partial charge in [0.15, 0.2) is 0 Å². The summed E-state index contributed by atoms with van der Waals surface area (Å²) in [7, 11) is 0. The Kier molecular flexibility index (Phi) is 2.54. The van der Waals surface area contributed by atoms with Crippen molar-refractivity contribution in [1.29, 1.82) is 0 Å². The van der Waals surface area contributed by atoms with Crippen molar-refractivity contribution in [2.24, 2.45) is 0 Å².